The number of hydrogen-bond donors (Lipinski definition) is 1. The molecule has 0 spiro atoms. The molecule has 1 aliphatic carbocycles. The molecule has 10 heteroatoms. The largest absolute Gasteiger partial charge is 0.465 e. The molecular weight excluding hydrogens is 392 g/mol. The van der Waals surface area contributed by atoms with Crippen LogP contribution in [0.4, 0.5) is 13.6 Å². The molecule has 2 atom stereocenters. The lowest BCUT2D eigenvalue weighted by molar-refractivity contribution is -0.0319. The number of carboxylic acid groups (broad SMARTS) is 1. The van der Waals surface area contributed by atoms with Gasteiger partial charge in [-0.25, -0.2) is 14.8 Å². The third kappa shape index (κ3) is 2.92. The lowest BCUT2D eigenvalue weighted by atomic mass is 9.76. The van der Waals surface area contributed by atoms with E-state index in [0.717, 1.165) is 0 Å². The van der Waals surface area contributed by atoms with Crippen LogP contribution in [0, 0.1) is 5.41 Å². The highest BCUT2D eigenvalue weighted by atomic mass is 35.5. The fourth-order valence-corrected chi connectivity index (χ4v) is 4.40. The molecule has 1 aliphatic heterocycles. The van der Waals surface area contributed by atoms with E-state index in [1.807, 2.05) is 20.8 Å². The van der Waals surface area contributed by atoms with Gasteiger partial charge in [0.05, 0.1) is 24.0 Å². The molecule has 0 bridgehead atoms. The highest BCUT2D eigenvalue weighted by Gasteiger charge is 2.50. The number of rotatable bonds is 2. The predicted octanol–water partition coefficient (Wildman–Crippen LogP) is 3.98. The van der Waals surface area contributed by atoms with Gasteiger partial charge in [0.25, 0.3) is 5.92 Å². The molecule has 0 aromatic carbocycles. The van der Waals surface area contributed by atoms with Crippen LogP contribution >= 0.6 is 11.6 Å². The first-order valence-electron chi connectivity index (χ1n) is 8.98. The molecule has 2 unspecified atom stereocenters. The van der Waals surface area contributed by atoms with Crippen molar-refractivity contribution in [1.82, 2.24) is 24.6 Å². The Morgan fingerprint density at radius 1 is 1.36 bits per heavy atom. The summed E-state index contributed by atoms with van der Waals surface area (Å²) in [5.41, 5.74) is 0.722. The van der Waals surface area contributed by atoms with E-state index >= 15 is 0 Å². The van der Waals surface area contributed by atoms with Crippen LogP contribution in [0.3, 0.4) is 0 Å². The average Bonchev–Trinajstić information content (AvgIpc) is 3.09. The second-order valence-electron chi connectivity index (χ2n) is 8.40. The van der Waals surface area contributed by atoms with Crippen molar-refractivity contribution in [3.8, 4) is 11.3 Å². The Labute approximate surface area is 165 Å². The van der Waals surface area contributed by atoms with Crippen LogP contribution in [-0.2, 0) is 12.3 Å². The van der Waals surface area contributed by atoms with E-state index in [4.69, 9.17) is 11.6 Å². The Morgan fingerprint density at radius 2 is 2.07 bits per heavy atom. The Kier molecular flexibility index (Phi) is 4.15. The van der Waals surface area contributed by atoms with Crippen molar-refractivity contribution in [2.24, 2.45) is 5.41 Å². The highest BCUT2D eigenvalue weighted by Crippen LogP contribution is 2.45. The smallest absolute Gasteiger partial charge is 0.407 e. The summed E-state index contributed by atoms with van der Waals surface area (Å²) in [5.74, 6) is -3.01. The molecule has 3 heterocycles. The van der Waals surface area contributed by atoms with Gasteiger partial charge in [-0.2, -0.15) is 13.9 Å². The quantitative estimate of drug-likeness (QED) is 0.755. The number of halogens is 3. The van der Waals surface area contributed by atoms with Gasteiger partial charge in [-0.15, -0.1) is 0 Å². The first-order chi connectivity index (χ1) is 13.0. The minimum Gasteiger partial charge on any atom is -0.465 e. The van der Waals surface area contributed by atoms with Crippen molar-refractivity contribution in [3.63, 3.8) is 0 Å². The van der Waals surface area contributed by atoms with Gasteiger partial charge in [0.1, 0.15) is 5.69 Å². The van der Waals surface area contributed by atoms with Crippen molar-refractivity contribution < 1.29 is 18.7 Å². The summed E-state index contributed by atoms with van der Waals surface area (Å²) in [4.78, 5) is 20.8. The van der Waals surface area contributed by atoms with E-state index in [2.05, 4.69) is 15.1 Å². The van der Waals surface area contributed by atoms with Crippen LogP contribution in [0.2, 0.25) is 5.28 Å². The number of nitrogens with zero attached hydrogens (tertiary/aromatic N) is 5. The summed E-state index contributed by atoms with van der Waals surface area (Å²) in [7, 11) is 0. The Bertz CT molecular complexity index is 956. The molecule has 0 radical (unpaired) electrons. The first kappa shape index (κ1) is 19.0. The van der Waals surface area contributed by atoms with E-state index in [-0.39, 0.29) is 41.3 Å². The van der Waals surface area contributed by atoms with Crippen molar-refractivity contribution in [3.05, 3.63) is 28.9 Å². The summed E-state index contributed by atoms with van der Waals surface area (Å²) in [6, 6.07) is -0.390. The van der Waals surface area contributed by atoms with Crippen molar-refractivity contribution in [2.75, 3.05) is 6.54 Å². The average molecular weight is 412 g/mol. The van der Waals surface area contributed by atoms with Gasteiger partial charge in [0.2, 0.25) is 5.28 Å². The van der Waals surface area contributed by atoms with Gasteiger partial charge in [0, 0.05) is 30.3 Å². The second kappa shape index (κ2) is 6.10. The van der Waals surface area contributed by atoms with Crippen molar-refractivity contribution in [1.29, 1.82) is 0 Å². The van der Waals surface area contributed by atoms with Crippen LogP contribution in [0.25, 0.3) is 11.3 Å². The minimum atomic E-state index is -3.01. The number of carbonyl (C=O) groups is 1. The molecule has 7 nitrogen and oxygen atoms in total. The van der Waals surface area contributed by atoms with Crippen LogP contribution in [0.5, 0.6) is 0 Å². The maximum absolute atomic E-state index is 14.1. The standard InChI is InChI=1S/C18H20ClF2N5O2/c1-17(2,3)14-11(8-25(14)16(27)28)26-7-9(6-22-26)12-10-4-5-18(20,21)13(10)24-15(19)23-12/h6-7,11,14H,4-5,8H2,1-3H3,(H,27,28). The molecule has 150 valence electrons. The lowest BCUT2D eigenvalue weighted by Crippen LogP contribution is -2.63. The van der Waals surface area contributed by atoms with E-state index in [0.29, 0.717) is 23.4 Å². The molecule has 28 heavy (non-hydrogen) atoms. The summed E-state index contributed by atoms with van der Waals surface area (Å²) < 4.78 is 29.9. The summed E-state index contributed by atoms with van der Waals surface area (Å²) in [6.07, 6.45) is 2.16. The molecule has 4 rings (SSSR count). The SMILES string of the molecule is CC(C)(C)C1C(n2cc(-c3nc(Cl)nc4c3CCC4(F)F)cn2)CN1C(=O)O. The normalized spacial score (nSPS) is 23.4. The molecule has 2 aromatic rings. The maximum atomic E-state index is 14.1. The van der Waals surface area contributed by atoms with Gasteiger partial charge in [-0.3, -0.25) is 4.68 Å². The Balaban J connectivity index is 1.70. The minimum absolute atomic E-state index is 0.142. The monoisotopic (exact) mass is 411 g/mol. The van der Waals surface area contributed by atoms with Gasteiger partial charge in [-0.1, -0.05) is 20.8 Å². The molecule has 1 N–H and O–H groups in total. The number of amides is 1. The van der Waals surface area contributed by atoms with Gasteiger partial charge in [-0.05, 0) is 23.4 Å². The third-order valence-electron chi connectivity index (χ3n) is 5.45. The molecule has 1 fully saturated rings. The predicted molar refractivity (Wildman–Crippen MR) is 97.5 cm³/mol. The number of alkyl halides is 2. The van der Waals surface area contributed by atoms with Crippen LogP contribution in [0.15, 0.2) is 12.4 Å². The summed E-state index contributed by atoms with van der Waals surface area (Å²) >= 11 is 5.90. The Morgan fingerprint density at radius 3 is 2.71 bits per heavy atom. The lowest BCUT2D eigenvalue weighted by Gasteiger charge is -2.52. The fourth-order valence-electron chi connectivity index (χ4n) is 4.23. The molecule has 2 aromatic heterocycles. The zero-order valence-electron chi connectivity index (χ0n) is 15.7. The molecule has 1 amide bonds. The second-order valence-corrected chi connectivity index (χ2v) is 8.73. The van der Waals surface area contributed by atoms with E-state index in [1.54, 1.807) is 17.1 Å². The van der Waals surface area contributed by atoms with Gasteiger partial charge < -0.3 is 10.0 Å². The molecular formula is C18H20ClF2N5O2. The molecule has 2 aliphatic rings. The number of likely N-dealkylation sites (tertiary alicyclic amines) is 1. The first-order valence-corrected chi connectivity index (χ1v) is 9.35. The molecule has 1 saturated heterocycles. The van der Waals surface area contributed by atoms with Crippen LogP contribution in [-0.4, -0.2) is 48.4 Å². The highest BCUT2D eigenvalue weighted by molar-refractivity contribution is 6.28. The van der Waals surface area contributed by atoms with Crippen LogP contribution < -0.4 is 0 Å². The number of fused-ring (bicyclic) bond motifs is 1. The zero-order chi connectivity index (χ0) is 20.4. The van der Waals surface area contributed by atoms with E-state index in [9.17, 15) is 18.7 Å². The fraction of sp³-hybridized carbons (Fsp3) is 0.556. The number of aromatic nitrogens is 4. The van der Waals surface area contributed by atoms with Crippen LogP contribution in [0.1, 0.15) is 44.5 Å². The van der Waals surface area contributed by atoms with E-state index < -0.39 is 12.0 Å². The number of hydrogen-bond acceptors (Lipinski definition) is 4. The van der Waals surface area contributed by atoms with Crippen molar-refractivity contribution in [2.45, 2.75) is 51.6 Å². The Hall–Kier alpha value is -2.29. The zero-order valence-corrected chi connectivity index (χ0v) is 16.4. The van der Waals surface area contributed by atoms with E-state index in [1.165, 1.54) is 4.90 Å². The summed E-state index contributed by atoms with van der Waals surface area (Å²) in [5, 5.41) is 13.5. The van der Waals surface area contributed by atoms with Gasteiger partial charge >= 0.3 is 6.09 Å². The summed E-state index contributed by atoms with van der Waals surface area (Å²) in [6.45, 7) is 6.25. The topological polar surface area (TPSA) is 84.1 Å². The third-order valence-corrected chi connectivity index (χ3v) is 5.62. The van der Waals surface area contributed by atoms with Gasteiger partial charge in [0.15, 0.2) is 0 Å². The molecule has 0 saturated carbocycles. The maximum Gasteiger partial charge on any atom is 0.407 e. The van der Waals surface area contributed by atoms with Crippen molar-refractivity contribution >= 4 is 17.7 Å².